The maximum absolute atomic E-state index is 6.13. The summed E-state index contributed by atoms with van der Waals surface area (Å²) in [7, 11) is 1.96. The van der Waals surface area contributed by atoms with Gasteiger partial charge in [-0.2, -0.15) is 0 Å². The number of hydrogen-bond donors (Lipinski definition) is 1. The highest BCUT2D eigenvalue weighted by Gasteiger charge is 2.20. The molecule has 0 spiro atoms. The molecule has 2 heteroatoms. The number of rotatable bonds is 3. The number of benzene rings is 1. The molecule has 0 fully saturated rings. The molecule has 0 unspecified atom stereocenters. The molecule has 0 aliphatic carbocycles. The molecule has 18 heavy (non-hydrogen) atoms. The third kappa shape index (κ3) is 1.95. The van der Waals surface area contributed by atoms with Gasteiger partial charge in [0.15, 0.2) is 0 Å². The van der Waals surface area contributed by atoms with Gasteiger partial charge in [0.05, 0.1) is 6.54 Å². The predicted octanol–water partition coefficient (Wildman–Crippen LogP) is 4.20. The summed E-state index contributed by atoms with van der Waals surface area (Å²) in [5.74, 6) is 1.56. The zero-order valence-electron chi connectivity index (χ0n) is 12.3. The van der Waals surface area contributed by atoms with Crippen LogP contribution in [0.25, 0.3) is 11.0 Å². The molecule has 0 amide bonds. The first-order chi connectivity index (χ1) is 8.47. The van der Waals surface area contributed by atoms with E-state index in [0.29, 0.717) is 5.92 Å². The Morgan fingerprint density at radius 2 is 1.83 bits per heavy atom. The number of nitrogens with one attached hydrogen (secondary N) is 1. The molecule has 0 radical (unpaired) electrons. The lowest BCUT2D eigenvalue weighted by molar-refractivity contribution is 0.518. The van der Waals surface area contributed by atoms with Gasteiger partial charge in [-0.15, -0.1) is 0 Å². The highest BCUT2D eigenvalue weighted by atomic mass is 16.3. The van der Waals surface area contributed by atoms with Crippen molar-refractivity contribution in [1.29, 1.82) is 0 Å². The van der Waals surface area contributed by atoms with Crippen LogP contribution < -0.4 is 5.32 Å². The van der Waals surface area contributed by atoms with E-state index >= 15 is 0 Å². The third-order valence-electron chi connectivity index (χ3n) is 3.70. The van der Waals surface area contributed by atoms with Crippen LogP contribution in [0.3, 0.4) is 0 Å². The minimum Gasteiger partial charge on any atom is -0.459 e. The van der Waals surface area contributed by atoms with E-state index in [4.69, 9.17) is 4.42 Å². The summed E-state index contributed by atoms with van der Waals surface area (Å²) >= 11 is 0. The summed E-state index contributed by atoms with van der Waals surface area (Å²) in [4.78, 5) is 0. The summed E-state index contributed by atoms with van der Waals surface area (Å²) in [5, 5.41) is 4.52. The fourth-order valence-electron chi connectivity index (χ4n) is 2.73. The van der Waals surface area contributed by atoms with Gasteiger partial charge < -0.3 is 9.73 Å². The van der Waals surface area contributed by atoms with Gasteiger partial charge >= 0.3 is 0 Å². The van der Waals surface area contributed by atoms with Crippen molar-refractivity contribution in [3.63, 3.8) is 0 Å². The van der Waals surface area contributed by atoms with Gasteiger partial charge in [-0.1, -0.05) is 19.9 Å². The molecule has 0 aliphatic heterocycles. The molecule has 0 atom stereocenters. The molecule has 1 aromatic carbocycles. The van der Waals surface area contributed by atoms with Crippen molar-refractivity contribution in [3.8, 4) is 0 Å². The zero-order chi connectivity index (χ0) is 13.4. The predicted molar refractivity (Wildman–Crippen MR) is 77.3 cm³/mol. The molecule has 0 saturated carbocycles. The van der Waals surface area contributed by atoms with Crippen molar-refractivity contribution in [1.82, 2.24) is 5.32 Å². The van der Waals surface area contributed by atoms with E-state index in [1.165, 1.54) is 27.6 Å². The monoisotopic (exact) mass is 245 g/mol. The standard InChI is InChI=1S/C16H23NO/c1-9(2)14-13(8-17-6)18-16-12(5)10(3)7-11(4)15(14)16/h7,9,17H,8H2,1-6H3. The van der Waals surface area contributed by atoms with Crippen LogP contribution in [0.2, 0.25) is 0 Å². The van der Waals surface area contributed by atoms with Crippen LogP contribution in [-0.4, -0.2) is 7.05 Å². The Balaban J connectivity index is 2.84. The second kappa shape index (κ2) is 4.77. The van der Waals surface area contributed by atoms with Gasteiger partial charge in [0.2, 0.25) is 0 Å². The first-order valence-electron chi connectivity index (χ1n) is 6.64. The molecule has 0 bridgehead atoms. The summed E-state index contributed by atoms with van der Waals surface area (Å²) in [6, 6.07) is 2.27. The van der Waals surface area contributed by atoms with Crippen molar-refractivity contribution in [2.75, 3.05) is 7.05 Å². The molecule has 0 saturated heterocycles. The lowest BCUT2D eigenvalue weighted by atomic mass is 9.94. The third-order valence-corrected chi connectivity index (χ3v) is 3.70. The minimum atomic E-state index is 0.482. The van der Waals surface area contributed by atoms with Gasteiger partial charge in [0, 0.05) is 10.9 Å². The lowest BCUT2D eigenvalue weighted by Gasteiger charge is -2.08. The van der Waals surface area contributed by atoms with Crippen LogP contribution in [-0.2, 0) is 6.54 Å². The highest BCUT2D eigenvalue weighted by Crippen LogP contribution is 2.36. The maximum atomic E-state index is 6.13. The van der Waals surface area contributed by atoms with Gasteiger partial charge in [-0.05, 0) is 50.4 Å². The van der Waals surface area contributed by atoms with Crippen LogP contribution >= 0.6 is 0 Å². The Hall–Kier alpha value is -1.28. The van der Waals surface area contributed by atoms with Crippen molar-refractivity contribution in [2.45, 2.75) is 47.1 Å². The molecule has 2 nitrogen and oxygen atoms in total. The number of hydrogen-bond acceptors (Lipinski definition) is 2. The van der Waals surface area contributed by atoms with E-state index in [1.807, 2.05) is 7.05 Å². The average Bonchev–Trinajstić information content (AvgIpc) is 2.66. The van der Waals surface area contributed by atoms with Crippen LogP contribution in [0.5, 0.6) is 0 Å². The maximum Gasteiger partial charge on any atom is 0.138 e. The molecule has 0 aliphatic rings. The minimum absolute atomic E-state index is 0.482. The second-order valence-electron chi connectivity index (χ2n) is 5.46. The summed E-state index contributed by atoms with van der Waals surface area (Å²) < 4.78 is 6.13. The van der Waals surface area contributed by atoms with Gasteiger partial charge in [0.25, 0.3) is 0 Å². The molecular weight excluding hydrogens is 222 g/mol. The Bertz CT molecular complexity index is 579. The van der Waals surface area contributed by atoms with E-state index in [1.54, 1.807) is 0 Å². The Morgan fingerprint density at radius 1 is 1.17 bits per heavy atom. The average molecular weight is 245 g/mol. The smallest absolute Gasteiger partial charge is 0.138 e. The normalized spacial score (nSPS) is 11.7. The second-order valence-corrected chi connectivity index (χ2v) is 5.46. The van der Waals surface area contributed by atoms with Gasteiger partial charge in [0.1, 0.15) is 11.3 Å². The molecule has 1 N–H and O–H groups in total. The van der Waals surface area contributed by atoms with Gasteiger partial charge in [-0.3, -0.25) is 0 Å². The van der Waals surface area contributed by atoms with Crippen LogP contribution in [0.1, 0.15) is 47.8 Å². The molecular formula is C16H23NO. The van der Waals surface area contributed by atoms with Crippen molar-refractivity contribution in [2.24, 2.45) is 0 Å². The lowest BCUT2D eigenvalue weighted by Crippen LogP contribution is -2.06. The zero-order valence-corrected chi connectivity index (χ0v) is 12.3. The van der Waals surface area contributed by atoms with Crippen LogP contribution in [0.4, 0.5) is 0 Å². The van der Waals surface area contributed by atoms with E-state index < -0.39 is 0 Å². The first-order valence-corrected chi connectivity index (χ1v) is 6.64. The van der Waals surface area contributed by atoms with Crippen molar-refractivity contribution < 1.29 is 4.42 Å². The summed E-state index contributed by atoms with van der Waals surface area (Å²) in [6.45, 7) is 11.7. The van der Waals surface area contributed by atoms with Crippen LogP contribution in [0, 0.1) is 20.8 Å². The van der Waals surface area contributed by atoms with E-state index in [9.17, 15) is 0 Å². The number of furan rings is 1. The SMILES string of the molecule is CNCc1oc2c(C)c(C)cc(C)c2c1C(C)C. The van der Waals surface area contributed by atoms with Gasteiger partial charge in [-0.25, -0.2) is 0 Å². The largest absolute Gasteiger partial charge is 0.459 e. The Kier molecular flexibility index (Phi) is 3.49. The van der Waals surface area contributed by atoms with E-state index in [-0.39, 0.29) is 0 Å². The van der Waals surface area contributed by atoms with E-state index in [2.05, 4.69) is 46.0 Å². The van der Waals surface area contributed by atoms with Crippen molar-refractivity contribution in [3.05, 3.63) is 34.1 Å². The molecule has 2 rings (SSSR count). The van der Waals surface area contributed by atoms with Crippen molar-refractivity contribution >= 4 is 11.0 Å². The van der Waals surface area contributed by atoms with E-state index in [0.717, 1.165) is 17.9 Å². The first kappa shape index (κ1) is 13.2. The fourth-order valence-corrected chi connectivity index (χ4v) is 2.73. The summed E-state index contributed by atoms with van der Waals surface area (Å²) in [6.07, 6.45) is 0. The topological polar surface area (TPSA) is 25.2 Å². The number of fused-ring (bicyclic) bond motifs is 1. The Labute approximate surface area is 109 Å². The Morgan fingerprint density at radius 3 is 2.39 bits per heavy atom. The molecule has 1 aromatic heterocycles. The molecule has 98 valence electrons. The molecule has 1 heterocycles. The summed E-state index contributed by atoms with van der Waals surface area (Å²) in [5.41, 5.74) is 6.32. The fraction of sp³-hybridized carbons (Fsp3) is 0.500. The quantitative estimate of drug-likeness (QED) is 0.876. The molecule has 2 aromatic rings. The number of aryl methyl sites for hydroxylation is 3. The van der Waals surface area contributed by atoms with Crippen LogP contribution in [0.15, 0.2) is 10.5 Å². The highest BCUT2D eigenvalue weighted by molar-refractivity contribution is 5.89.